The van der Waals surface area contributed by atoms with Crippen LogP contribution in [0.2, 0.25) is 0 Å². The van der Waals surface area contributed by atoms with Crippen LogP contribution in [-0.2, 0) is 0 Å². The van der Waals surface area contributed by atoms with Gasteiger partial charge >= 0.3 is 0 Å². The SMILES string of the molecule is c1cc(-c2ccc(N(c3ccc4c(c3)oc3ccccc34)c3ccc4c(c3)oc3ccccc34)cc2C2C3CC4CC(C3)CC2C4)cc(C2C3CC4CC(C3)CC2C4)c1. The van der Waals surface area contributed by atoms with E-state index in [0.29, 0.717) is 5.92 Å². The molecule has 8 aliphatic carbocycles. The lowest BCUT2D eigenvalue weighted by atomic mass is 9.50. The van der Waals surface area contributed by atoms with Crippen molar-refractivity contribution in [3.63, 3.8) is 0 Å². The van der Waals surface area contributed by atoms with Crippen molar-refractivity contribution in [2.45, 2.75) is 76.0 Å². The van der Waals surface area contributed by atoms with Crippen LogP contribution in [-0.4, -0.2) is 0 Å². The quantitative estimate of drug-likeness (QED) is 0.169. The molecule has 6 aromatic carbocycles. The molecule has 292 valence electrons. The van der Waals surface area contributed by atoms with E-state index >= 15 is 0 Å². The van der Waals surface area contributed by atoms with Crippen molar-refractivity contribution in [3.8, 4) is 11.1 Å². The molecule has 8 aromatic rings. The summed E-state index contributed by atoms with van der Waals surface area (Å²) in [5.41, 5.74) is 13.2. The summed E-state index contributed by atoms with van der Waals surface area (Å²) in [7, 11) is 0. The Morgan fingerprint density at radius 1 is 0.373 bits per heavy atom. The van der Waals surface area contributed by atoms with Crippen LogP contribution >= 0.6 is 0 Å². The number of nitrogens with zero attached hydrogens (tertiary/aromatic N) is 1. The summed E-state index contributed by atoms with van der Waals surface area (Å²) in [6.07, 6.45) is 14.5. The number of fused-ring (bicyclic) bond motifs is 6. The van der Waals surface area contributed by atoms with E-state index in [2.05, 4.69) is 132 Å². The largest absolute Gasteiger partial charge is 0.456 e. The Bertz CT molecular complexity index is 2790. The van der Waals surface area contributed by atoms with E-state index in [4.69, 9.17) is 8.83 Å². The topological polar surface area (TPSA) is 29.5 Å². The van der Waals surface area contributed by atoms with Gasteiger partial charge in [0.25, 0.3) is 0 Å². The van der Waals surface area contributed by atoms with Gasteiger partial charge in [0.05, 0.1) is 0 Å². The van der Waals surface area contributed by atoms with E-state index in [1.807, 2.05) is 0 Å². The van der Waals surface area contributed by atoms with Gasteiger partial charge in [-0.05, 0) is 194 Å². The minimum atomic E-state index is 0.597. The highest BCUT2D eigenvalue weighted by Crippen LogP contribution is 2.62. The highest BCUT2D eigenvalue weighted by Gasteiger charge is 2.50. The van der Waals surface area contributed by atoms with Crippen molar-refractivity contribution < 1.29 is 8.83 Å². The fourth-order valence-corrected chi connectivity index (χ4v) is 15.2. The predicted octanol–water partition coefficient (Wildman–Crippen LogP) is 15.7. The molecular weight excluding hydrogens is 719 g/mol. The molecule has 8 fully saturated rings. The van der Waals surface area contributed by atoms with Gasteiger partial charge in [-0.25, -0.2) is 0 Å². The Labute approximate surface area is 346 Å². The van der Waals surface area contributed by atoms with Crippen LogP contribution in [0.25, 0.3) is 55.0 Å². The molecule has 8 bridgehead atoms. The van der Waals surface area contributed by atoms with E-state index in [1.165, 1.54) is 81.0 Å². The molecule has 0 atom stereocenters. The molecule has 16 rings (SSSR count). The van der Waals surface area contributed by atoms with E-state index in [0.717, 1.165) is 109 Å². The summed E-state index contributed by atoms with van der Waals surface area (Å²) in [4.78, 5) is 2.47. The van der Waals surface area contributed by atoms with Crippen molar-refractivity contribution in [1.82, 2.24) is 0 Å². The average Bonchev–Trinajstić information content (AvgIpc) is 3.81. The first-order valence-corrected chi connectivity index (χ1v) is 23.0. The zero-order valence-corrected chi connectivity index (χ0v) is 33.7. The van der Waals surface area contributed by atoms with E-state index in [1.54, 1.807) is 11.1 Å². The number of rotatable bonds is 6. The molecule has 8 aliphatic rings. The molecule has 59 heavy (non-hydrogen) atoms. The second kappa shape index (κ2) is 12.6. The normalized spacial score (nSPS) is 30.4. The van der Waals surface area contributed by atoms with Crippen LogP contribution in [0.5, 0.6) is 0 Å². The number of hydrogen-bond donors (Lipinski definition) is 0. The van der Waals surface area contributed by atoms with Crippen LogP contribution in [0, 0.1) is 47.3 Å². The molecule has 8 saturated carbocycles. The molecule has 2 aromatic heterocycles. The molecule has 3 nitrogen and oxygen atoms in total. The van der Waals surface area contributed by atoms with Crippen LogP contribution in [0.1, 0.15) is 87.2 Å². The summed E-state index contributed by atoms with van der Waals surface area (Å²) in [6, 6.07) is 48.0. The van der Waals surface area contributed by atoms with Crippen LogP contribution in [0.15, 0.2) is 136 Å². The standard InChI is InChI=1S/C56H51NO2/c1-3-10-51-46(8-1)48-16-13-43(30-53(48)58-51)57(44-14-17-49-47-9-2-4-11-52(47)59-54(49)31-44)42-12-15-45(50(29-42)56-40-24-34-19-35(26-40)27-41(56)25-34)36-6-5-7-37(28-36)55-38-20-32-18-33(22-38)23-39(55)21-32/h1-17,28-35,38-41,55-56H,18-27H2. The number of furan rings is 2. The second-order valence-electron chi connectivity index (χ2n) is 20.2. The van der Waals surface area contributed by atoms with Gasteiger partial charge in [-0.15, -0.1) is 0 Å². The lowest BCUT2D eigenvalue weighted by molar-refractivity contribution is -0.00280. The van der Waals surface area contributed by atoms with Crippen LogP contribution < -0.4 is 4.90 Å². The molecule has 0 unspecified atom stereocenters. The number of hydrogen-bond acceptors (Lipinski definition) is 3. The summed E-state index contributed by atoms with van der Waals surface area (Å²) >= 11 is 0. The van der Waals surface area contributed by atoms with Gasteiger partial charge in [-0.3, -0.25) is 0 Å². The zero-order valence-electron chi connectivity index (χ0n) is 33.7. The Hall–Kier alpha value is -5.28. The Morgan fingerprint density at radius 2 is 0.847 bits per heavy atom. The zero-order chi connectivity index (χ0) is 38.3. The third-order valence-electron chi connectivity index (χ3n) is 16.9. The summed E-state index contributed by atoms with van der Waals surface area (Å²) in [6.45, 7) is 0. The van der Waals surface area contributed by atoms with Gasteiger partial charge in [0.2, 0.25) is 0 Å². The molecule has 0 radical (unpaired) electrons. The number of benzene rings is 6. The van der Waals surface area contributed by atoms with Crippen molar-refractivity contribution in [3.05, 3.63) is 139 Å². The first-order chi connectivity index (χ1) is 29.1. The molecule has 0 N–H and O–H groups in total. The smallest absolute Gasteiger partial charge is 0.137 e. The lowest BCUT2D eigenvalue weighted by Crippen LogP contribution is -2.44. The minimum Gasteiger partial charge on any atom is -0.456 e. The number of para-hydroxylation sites is 2. The van der Waals surface area contributed by atoms with E-state index in [-0.39, 0.29) is 0 Å². The summed E-state index contributed by atoms with van der Waals surface area (Å²) < 4.78 is 13.1. The maximum atomic E-state index is 6.54. The summed E-state index contributed by atoms with van der Waals surface area (Å²) in [5, 5.41) is 4.63. The highest BCUT2D eigenvalue weighted by atomic mass is 16.3. The van der Waals surface area contributed by atoms with Gasteiger partial charge in [0.15, 0.2) is 0 Å². The predicted molar refractivity (Wildman–Crippen MR) is 241 cm³/mol. The van der Waals surface area contributed by atoms with Gasteiger partial charge in [0.1, 0.15) is 22.3 Å². The number of anilines is 3. The van der Waals surface area contributed by atoms with Crippen molar-refractivity contribution >= 4 is 60.9 Å². The maximum absolute atomic E-state index is 6.54. The molecule has 0 amide bonds. The molecule has 0 aliphatic heterocycles. The molecular formula is C56H51NO2. The molecule has 3 heteroatoms. The Kier molecular flexibility index (Phi) is 7.17. The highest BCUT2D eigenvalue weighted by molar-refractivity contribution is 6.07. The molecule has 2 heterocycles. The van der Waals surface area contributed by atoms with E-state index in [9.17, 15) is 0 Å². The summed E-state index contributed by atoms with van der Waals surface area (Å²) in [5.74, 6) is 8.52. The van der Waals surface area contributed by atoms with Gasteiger partial charge in [0, 0.05) is 50.7 Å². The Balaban J connectivity index is 0.947. The van der Waals surface area contributed by atoms with Gasteiger partial charge in [-0.1, -0.05) is 66.7 Å². The first-order valence-electron chi connectivity index (χ1n) is 23.0. The Morgan fingerprint density at radius 3 is 1.41 bits per heavy atom. The first kappa shape index (κ1) is 33.5. The van der Waals surface area contributed by atoms with Gasteiger partial charge in [-0.2, -0.15) is 0 Å². The van der Waals surface area contributed by atoms with Crippen LogP contribution in [0.3, 0.4) is 0 Å². The van der Waals surface area contributed by atoms with Crippen molar-refractivity contribution in [2.75, 3.05) is 4.90 Å². The third kappa shape index (κ3) is 5.19. The minimum absolute atomic E-state index is 0.597. The van der Waals surface area contributed by atoms with Gasteiger partial charge < -0.3 is 13.7 Å². The lowest BCUT2D eigenvalue weighted by Gasteiger charge is -2.55. The van der Waals surface area contributed by atoms with Crippen LogP contribution in [0.4, 0.5) is 17.1 Å². The monoisotopic (exact) mass is 769 g/mol. The average molecular weight is 770 g/mol. The van der Waals surface area contributed by atoms with Crippen molar-refractivity contribution in [1.29, 1.82) is 0 Å². The molecule has 0 spiro atoms. The second-order valence-corrected chi connectivity index (χ2v) is 20.2. The van der Waals surface area contributed by atoms with Crippen molar-refractivity contribution in [2.24, 2.45) is 47.3 Å². The fraction of sp³-hybridized carbons (Fsp3) is 0.357. The molecule has 0 saturated heterocycles. The third-order valence-corrected chi connectivity index (χ3v) is 16.9. The maximum Gasteiger partial charge on any atom is 0.137 e. The van der Waals surface area contributed by atoms with E-state index < -0.39 is 0 Å². The fourth-order valence-electron chi connectivity index (χ4n) is 15.2.